The normalized spacial score (nSPS) is 15.9. The van der Waals surface area contributed by atoms with E-state index in [1.165, 1.54) is 12.1 Å². The van der Waals surface area contributed by atoms with Gasteiger partial charge in [-0.05, 0) is 37.1 Å². The van der Waals surface area contributed by atoms with E-state index in [-0.39, 0.29) is 23.3 Å². The average Bonchev–Trinajstić information content (AvgIpc) is 2.88. The van der Waals surface area contributed by atoms with Crippen molar-refractivity contribution in [1.29, 1.82) is 0 Å². The van der Waals surface area contributed by atoms with Gasteiger partial charge in [0.15, 0.2) is 6.61 Å². The van der Waals surface area contributed by atoms with E-state index >= 15 is 0 Å². The van der Waals surface area contributed by atoms with E-state index in [2.05, 4.69) is 0 Å². The Morgan fingerprint density at radius 1 is 1.21 bits per heavy atom. The van der Waals surface area contributed by atoms with Crippen LogP contribution in [-0.2, 0) is 16.0 Å². The molecule has 124 valence electrons. The summed E-state index contributed by atoms with van der Waals surface area (Å²) in [5.41, 5.74) is 1.81. The van der Waals surface area contributed by atoms with Crippen LogP contribution >= 0.6 is 0 Å². The van der Waals surface area contributed by atoms with Gasteiger partial charge in [0.05, 0.1) is 0 Å². The summed E-state index contributed by atoms with van der Waals surface area (Å²) < 4.78 is 5.01. The average molecular weight is 327 g/mol. The minimum absolute atomic E-state index is 0.00400. The molecule has 0 bridgehead atoms. The molecule has 1 heterocycles. The monoisotopic (exact) mass is 327 g/mol. The van der Waals surface area contributed by atoms with Crippen molar-refractivity contribution in [3.8, 4) is 11.5 Å². The Labute approximate surface area is 138 Å². The summed E-state index contributed by atoms with van der Waals surface area (Å²) in [6, 6.07) is 11.2. The molecule has 0 aliphatic carbocycles. The summed E-state index contributed by atoms with van der Waals surface area (Å²) in [5, 5.41) is 18.9. The topological polar surface area (TPSA) is 87.1 Å². The van der Waals surface area contributed by atoms with Gasteiger partial charge in [-0.2, -0.15) is 0 Å². The molecule has 3 rings (SSSR count). The van der Waals surface area contributed by atoms with Crippen molar-refractivity contribution in [1.82, 2.24) is 0 Å². The molecule has 1 atom stereocenters. The Balaban J connectivity index is 1.69. The number of carbonyl (C=O) groups excluding carboxylic acids is 2. The predicted molar refractivity (Wildman–Crippen MR) is 87.1 cm³/mol. The highest BCUT2D eigenvalue weighted by Crippen LogP contribution is 2.32. The summed E-state index contributed by atoms with van der Waals surface area (Å²) in [6.07, 6.45) is 0.759. The Kier molecular flexibility index (Phi) is 4.12. The number of aromatic hydroxyl groups is 2. The van der Waals surface area contributed by atoms with Crippen LogP contribution in [-0.4, -0.2) is 34.7 Å². The number of fused-ring (bicyclic) bond motifs is 1. The van der Waals surface area contributed by atoms with Crippen molar-refractivity contribution in [2.24, 2.45) is 0 Å². The first-order valence-corrected chi connectivity index (χ1v) is 7.56. The number of amides is 1. The van der Waals surface area contributed by atoms with Crippen LogP contribution in [0.1, 0.15) is 22.8 Å². The fraction of sp³-hybridized carbons (Fsp3) is 0.222. The zero-order valence-electron chi connectivity index (χ0n) is 13.1. The van der Waals surface area contributed by atoms with Crippen LogP contribution < -0.4 is 4.90 Å². The lowest BCUT2D eigenvalue weighted by molar-refractivity contribution is -0.122. The summed E-state index contributed by atoms with van der Waals surface area (Å²) >= 11 is 0. The number of benzene rings is 2. The number of phenolic OH excluding ortho intramolecular Hbond substituents is 2. The maximum absolute atomic E-state index is 12.4. The summed E-state index contributed by atoms with van der Waals surface area (Å²) in [5.74, 6) is -1.70. The second-order valence-electron chi connectivity index (χ2n) is 5.72. The van der Waals surface area contributed by atoms with E-state index in [9.17, 15) is 19.8 Å². The number of anilines is 1. The molecule has 0 fully saturated rings. The molecule has 0 saturated heterocycles. The van der Waals surface area contributed by atoms with Gasteiger partial charge in [0, 0.05) is 17.8 Å². The third-order valence-corrected chi connectivity index (χ3v) is 4.00. The predicted octanol–water partition coefficient (Wildman–Crippen LogP) is 2.23. The first kappa shape index (κ1) is 15.9. The van der Waals surface area contributed by atoms with E-state index in [4.69, 9.17) is 4.74 Å². The van der Waals surface area contributed by atoms with Crippen molar-refractivity contribution in [3.05, 3.63) is 53.6 Å². The number of hydrogen-bond acceptors (Lipinski definition) is 5. The molecule has 1 aliphatic rings. The third-order valence-electron chi connectivity index (χ3n) is 4.00. The highest BCUT2D eigenvalue weighted by atomic mass is 16.5. The molecule has 0 aromatic heterocycles. The second kappa shape index (κ2) is 6.23. The second-order valence-corrected chi connectivity index (χ2v) is 5.72. The fourth-order valence-corrected chi connectivity index (χ4v) is 2.91. The van der Waals surface area contributed by atoms with Crippen molar-refractivity contribution >= 4 is 17.6 Å². The Morgan fingerprint density at radius 3 is 2.71 bits per heavy atom. The number of rotatable bonds is 3. The number of carbonyl (C=O) groups is 2. The van der Waals surface area contributed by atoms with E-state index in [0.29, 0.717) is 0 Å². The number of nitrogens with zero attached hydrogens (tertiary/aromatic N) is 1. The van der Waals surface area contributed by atoms with Crippen LogP contribution in [0.3, 0.4) is 0 Å². The van der Waals surface area contributed by atoms with Crippen molar-refractivity contribution in [3.63, 3.8) is 0 Å². The molecule has 0 unspecified atom stereocenters. The first-order chi connectivity index (χ1) is 11.5. The van der Waals surface area contributed by atoms with E-state index in [1.807, 2.05) is 31.2 Å². The van der Waals surface area contributed by atoms with E-state index in [1.54, 1.807) is 4.90 Å². The Bertz CT molecular complexity index is 802. The van der Waals surface area contributed by atoms with Gasteiger partial charge in [-0.15, -0.1) is 0 Å². The first-order valence-electron chi connectivity index (χ1n) is 7.56. The van der Waals surface area contributed by atoms with Crippen LogP contribution in [0.25, 0.3) is 0 Å². The molecule has 6 nitrogen and oxygen atoms in total. The molecule has 2 N–H and O–H groups in total. The molecule has 2 aromatic carbocycles. The van der Waals surface area contributed by atoms with Crippen molar-refractivity contribution in [2.45, 2.75) is 19.4 Å². The quantitative estimate of drug-likeness (QED) is 0.844. The van der Waals surface area contributed by atoms with E-state index < -0.39 is 18.3 Å². The van der Waals surface area contributed by atoms with Crippen LogP contribution in [0.4, 0.5) is 5.69 Å². The largest absolute Gasteiger partial charge is 0.508 e. The van der Waals surface area contributed by atoms with Crippen LogP contribution in [0.5, 0.6) is 11.5 Å². The smallest absolute Gasteiger partial charge is 0.342 e. The standard InChI is InChI=1S/C18H17NO5/c1-11-8-12-4-2-3-5-15(12)19(11)17(22)10-24-18(23)14-7-6-13(20)9-16(14)21/h2-7,9,11,20-21H,8,10H2,1H3/t11-/m1/s1. The number of hydrogen-bond donors (Lipinski definition) is 2. The van der Waals surface area contributed by atoms with Gasteiger partial charge < -0.3 is 19.8 Å². The molecule has 1 aliphatic heterocycles. The minimum Gasteiger partial charge on any atom is -0.508 e. The highest BCUT2D eigenvalue weighted by Gasteiger charge is 2.31. The Morgan fingerprint density at radius 2 is 1.96 bits per heavy atom. The summed E-state index contributed by atoms with van der Waals surface area (Å²) in [6.45, 7) is 1.52. The lowest BCUT2D eigenvalue weighted by Gasteiger charge is -2.22. The van der Waals surface area contributed by atoms with Gasteiger partial charge in [-0.25, -0.2) is 4.79 Å². The fourth-order valence-electron chi connectivity index (χ4n) is 2.91. The molecule has 24 heavy (non-hydrogen) atoms. The maximum Gasteiger partial charge on any atom is 0.342 e. The highest BCUT2D eigenvalue weighted by molar-refractivity contribution is 5.99. The molecule has 1 amide bonds. The summed E-state index contributed by atoms with van der Waals surface area (Å²) in [7, 11) is 0. The van der Waals surface area contributed by atoms with Gasteiger partial charge in [-0.1, -0.05) is 18.2 Å². The lowest BCUT2D eigenvalue weighted by atomic mass is 10.1. The number of phenols is 2. The minimum atomic E-state index is -0.819. The van der Waals surface area contributed by atoms with Gasteiger partial charge in [-0.3, -0.25) is 4.79 Å². The number of esters is 1. The molecule has 0 spiro atoms. The molecule has 0 saturated carbocycles. The number of ether oxygens (including phenoxy) is 1. The molecule has 0 radical (unpaired) electrons. The van der Waals surface area contributed by atoms with Crippen LogP contribution in [0.15, 0.2) is 42.5 Å². The van der Waals surface area contributed by atoms with Crippen molar-refractivity contribution in [2.75, 3.05) is 11.5 Å². The maximum atomic E-state index is 12.4. The molecular formula is C18H17NO5. The van der Waals surface area contributed by atoms with Gasteiger partial charge in [0.1, 0.15) is 17.1 Å². The molecule has 2 aromatic rings. The van der Waals surface area contributed by atoms with E-state index in [0.717, 1.165) is 23.7 Å². The SMILES string of the molecule is C[C@@H]1Cc2ccccc2N1C(=O)COC(=O)c1ccc(O)cc1O. The van der Waals surface area contributed by atoms with Gasteiger partial charge in [0.25, 0.3) is 5.91 Å². The molecule has 6 heteroatoms. The van der Waals surface area contributed by atoms with Gasteiger partial charge >= 0.3 is 5.97 Å². The third kappa shape index (κ3) is 2.90. The van der Waals surface area contributed by atoms with Crippen LogP contribution in [0.2, 0.25) is 0 Å². The van der Waals surface area contributed by atoms with Crippen molar-refractivity contribution < 1.29 is 24.5 Å². The Hall–Kier alpha value is -3.02. The summed E-state index contributed by atoms with van der Waals surface area (Å²) in [4.78, 5) is 26.1. The number of para-hydroxylation sites is 1. The zero-order chi connectivity index (χ0) is 17.3. The van der Waals surface area contributed by atoms with Gasteiger partial charge in [0.2, 0.25) is 0 Å². The lowest BCUT2D eigenvalue weighted by Crippen LogP contribution is -2.38. The molecular weight excluding hydrogens is 310 g/mol. The zero-order valence-corrected chi connectivity index (χ0v) is 13.1. The van der Waals surface area contributed by atoms with Crippen LogP contribution in [0, 0.1) is 0 Å².